The van der Waals surface area contributed by atoms with Crippen LogP contribution in [0.2, 0.25) is 0 Å². The van der Waals surface area contributed by atoms with Crippen LogP contribution in [0.1, 0.15) is 33.6 Å². The third kappa shape index (κ3) is 9.62. The van der Waals surface area contributed by atoms with Gasteiger partial charge in [-0.2, -0.15) is 4.31 Å². The van der Waals surface area contributed by atoms with Crippen molar-refractivity contribution in [2.24, 2.45) is 5.92 Å². The molecule has 3 aromatic carbocycles. The van der Waals surface area contributed by atoms with Crippen molar-refractivity contribution in [3.8, 4) is 11.5 Å². The van der Waals surface area contributed by atoms with E-state index in [1.54, 1.807) is 40.7 Å². The maximum absolute atomic E-state index is 13.2. The first kappa shape index (κ1) is 32.6. The molecular formula is C34H39N3O6S2. The lowest BCUT2D eigenvalue weighted by Crippen LogP contribution is -2.41. The summed E-state index contributed by atoms with van der Waals surface area (Å²) in [5.41, 5.74) is 1.66. The van der Waals surface area contributed by atoms with Crippen LogP contribution in [-0.4, -0.2) is 62.6 Å². The number of nitrogens with one attached hydrogen (secondary N) is 2. The second kappa shape index (κ2) is 16.0. The number of carbonyl (C=O) groups excluding carboxylic acids is 1. The number of aliphatic hydroxyl groups excluding tert-OH is 1. The lowest BCUT2D eigenvalue weighted by molar-refractivity contribution is 0.0951. The van der Waals surface area contributed by atoms with Crippen LogP contribution >= 0.6 is 11.3 Å². The van der Waals surface area contributed by atoms with Gasteiger partial charge in [0.2, 0.25) is 0 Å². The molecule has 0 unspecified atom stereocenters. The van der Waals surface area contributed by atoms with E-state index >= 15 is 0 Å². The fraction of sp³-hybridized carbons (Fsp3) is 0.324. The summed E-state index contributed by atoms with van der Waals surface area (Å²) in [7, 11) is -3.59. The van der Waals surface area contributed by atoms with E-state index in [9.17, 15) is 18.3 Å². The first-order valence-corrected chi connectivity index (χ1v) is 17.3. The van der Waals surface area contributed by atoms with Gasteiger partial charge in [-0.05, 0) is 79.4 Å². The van der Waals surface area contributed by atoms with Crippen molar-refractivity contribution in [3.63, 3.8) is 0 Å². The van der Waals surface area contributed by atoms with Gasteiger partial charge in [-0.1, -0.05) is 48.5 Å². The van der Waals surface area contributed by atoms with Crippen LogP contribution in [0, 0.1) is 5.92 Å². The number of piperidine rings is 1. The summed E-state index contributed by atoms with van der Waals surface area (Å²) in [5, 5.41) is 16.5. The van der Waals surface area contributed by atoms with Gasteiger partial charge >= 0.3 is 0 Å². The Morgan fingerprint density at radius 3 is 2.22 bits per heavy atom. The Morgan fingerprint density at radius 2 is 1.53 bits per heavy atom. The van der Waals surface area contributed by atoms with Crippen molar-refractivity contribution in [2.75, 3.05) is 32.8 Å². The van der Waals surface area contributed by atoms with Gasteiger partial charge in [0.15, 0.2) is 0 Å². The largest absolute Gasteiger partial charge is 0.491 e. The highest BCUT2D eigenvalue weighted by atomic mass is 32.2. The molecule has 11 heteroatoms. The molecule has 0 spiro atoms. The van der Waals surface area contributed by atoms with Crippen LogP contribution in [0.15, 0.2) is 101 Å². The van der Waals surface area contributed by atoms with E-state index in [1.165, 1.54) is 11.3 Å². The monoisotopic (exact) mass is 649 g/mol. The minimum absolute atomic E-state index is 0.159. The van der Waals surface area contributed by atoms with Gasteiger partial charge in [0.1, 0.15) is 35.0 Å². The minimum Gasteiger partial charge on any atom is -0.491 e. The zero-order valence-electron chi connectivity index (χ0n) is 25.0. The predicted octanol–water partition coefficient (Wildman–Crippen LogP) is 4.69. The van der Waals surface area contributed by atoms with Gasteiger partial charge in [-0.3, -0.25) is 4.79 Å². The summed E-state index contributed by atoms with van der Waals surface area (Å²) in [4.78, 5) is 13.1. The maximum atomic E-state index is 13.2. The third-order valence-corrected chi connectivity index (χ3v) is 11.0. The standard InChI is InChI=1S/C34H39N3O6S2/c38-29(25-43-31-13-11-30(12-14-31)42-24-27-7-3-1-4-8-27)22-35-21-26-17-19-37(20-18-26)45(40,41)33-16-15-32(44-33)23-36-34(39)28-9-5-2-6-10-28/h1-16,26,29,35,38H,17-25H2,(H,36,39)/t29-/m0/s1. The molecule has 1 fully saturated rings. The van der Waals surface area contributed by atoms with E-state index in [2.05, 4.69) is 10.6 Å². The molecule has 9 nitrogen and oxygen atoms in total. The fourth-order valence-electron chi connectivity index (χ4n) is 5.01. The smallest absolute Gasteiger partial charge is 0.252 e. The van der Waals surface area contributed by atoms with E-state index in [0.29, 0.717) is 54.2 Å². The Bertz CT molecular complexity index is 1590. The molecule has 4 aromatic rings. The van der Waals surface area contributed by atoms with Gasteiger partial charge in [0, 0.05) is 30.1 Å². The minimum atomic E-state index is -3.59. The normalized spacial score (nSPS) is 15.0. The van der Waals surface area contributed by atoms with Crippen molar-refractivity contribution in [1.82, 2.24) is 14.9 Å². The fourth-order valence-corrected chi connectivity index (χ4v) is 7.93. The summed E-state index contributed by atoms with van der Waals surface area (Å²) in [6, 6.07) is 29.6. The SMILES string of the molecule is O=C(NCc1ccc(S(=O)(=O)N2CCC(CNC[C@H](O)COc3ccc(OCc4ccccc4)cc3)CC2)s1)c1ccccc1. The number of hydrogen-bond acceptors (Lipinski definition) is 8. The quantitative estimate of drug-likeness (QED) is 0.171. The van der Waals surface area contributed by atoms with Gasteiger partial charge in [-0.15, -0.1) is 11.3 Å². The first-order chi connectivity index (χ1) is 21.9. The summed E-state index contributed by atoms with van der Waals surface area (Å²) in [5.74, 6) is 1.53. The molecule has 0 radical (unpaired) electrons. The Labute approximate surface area is 268 Å². The van der Waals surface area contributed by atoms with Crippen molar-refractivity contribution < 1.29 is 27.8 Å². The lowest BCUT2D eigenvalue weighted by atomic mass is 9.98. The van der Waals surface area contributed by atoms with Gasteiger partial charge in [0.05, 0.1) is 6.54 Å². The molecule has 5 rings (SSSR count). The zero-order chi connectivity index (χ0) is 31.5. The van der Waals surface area contributed by atoms with E-state index in [-0.39, 0.29) is 19.1 Å². The van der Waals surface area contributed by atoms with Crippen LogP contribution in [0.25, 0.3) is 0 Å². The molecule has 1 atom stereocenters. The molecule has 1 saturated heterocycles. The topological polar surface area (TPSA) is 117 Å². The molecule has 0 bridgehead atoms. The average molecular weight is 650 g/mol. The number of carbonyl (C=O) groups is 1. The molecule has 2 heterocycles. The van der Waals surface area contributed by atoms with Crippen LogP contribution in [-0.2, 0) is 23.2 Å². The number of nitrogens with zero attached hydrogens (tertiary/aromatic N) is 1. The van der Waals surface area contributed by atoms with Crippen LogP contribution in [0.3, 0.4) is 0 Å². The molecule has 3 N–H and O–H groups in total. The third-order valence-electron chi connectivity index (χ3n) is 7.59. The number of benzene rings is 3. The zero-order valence-corrected chi connectivity index (χ0v) is 26.6. The Hall–Kier alpha value is -3.74. The summed E-state index contributed by atoms with van der Waals surface area (Å²) >= 11 is 1.19. The number of amides is 1. The highest BCUT2D eigenvalue weighted by Gasteiger charge is 2.30. The Morgan fingerprint density at radius 1 is 0.889 bits per heavy atom. The Kier molecular flexibility index (Phi) is 11.6. The highest BCUT2D eigenvalue weighted by molar-refractivity contribution is 7.91. The molecule has 1 aliphatic heterocycles. The summed E-state index contributed by atoms with van der Waals surface area (Å²) in [6.07, 6.45) is 0.802. The molecule has 45 heavy (non-hydrogen) atoms. The van der Waals surface area contributed by atoms with Crippen molar-refractivity contribution >= 4 is 27.3 Å². The molecule has 1 amide bonds. The van der Waals surface area contributed by atoms with Gasteiger partial charge < -0.3 is 25.2 Å². The van der Waals surface area contributed by atoms with E-state index < -0.39 is 16.1 Å². The summed E-state index contributed by atoms with van der Waals surface area (Å²) < 4.78 is 39.9. The van der Waals surface area contributed by atoms with Crippen molar-refractivity contribution in [1.29, 1.82) is 0 Å². The number of thiophene rings is 1. The van der Waals surface area contributed by atoms with Crippen LogP contribution in [0.4, 0.5) is 0 Å². The van der Waals surface area contributed by atoms with Gasteiger partial charge in [0.25, 0.3) is 15.9 Å². The Balaban J connectivity index is 0.970. The van der Waals surface area contributed by atoms with E-state index in [4.69, 9.17) is 9.47 Å². The van der Waals surface area contributed by atoms with Crippen LogP contribution < -0.4 is 20.1 Å². The van der Waals surface area contributed by atoms with E-state index in [0.717, 1.165) is 29.0 Å². The molecule has 0 saturated carbocycles. The van der Waals surface area contributed by atoms with Crippen molar-refractivity contribution in [3.05, 3.63) is 113 Å². The molecule has 238 valence electrons. The maximum Gasteiger partial charge on any atom is 0.252 e. The van der Waals surface area contributed by atoms with Crippen LogP contribution in [0.5, 0.6) is 11.5 Å². The number of hydrogen-bond donors (Lipinski definition) is 3. The number of ether oxygens (including phenoxy) is 2. The molecule has 0 aliphatic carbocycles. The average Bonchev–Trinajstić information content (AvgIpc) is 3.57. The first-order valence-electron chi connectivity index (χ1n) is 15.1. The van der Waals surface area contributed by atoms with Crippen molar-refractivity contribution in [2.45, 2.75) is 36.3 Å². The number of aliphatic hydroxyl groups is 1. The highest BCUT2D eigenvalue weighted by Crippen LogP contribution is 2.28. The number of rotatable bonds is 15. The lowest BCUT2D eigenvalue weighted by Gasteiger charge is -2.31. The second-order valence-corrected chi connectivity index (χ2v) is 14.3. The second-order valence-electron chi connectivity index (χ2n) is 11.0. The summed E-state index contributed by atoms with van der Waals surface area (Å²) in [6.45, 7) is 2.90. The number of sulfonamides is 1. The van der Waals surface area contributed by atoms with Gasteiger partial charge in [-0.25, -0.2) is 8.42 Å². The van der Waals surface area contributed by atoms with E-state index in [1.807, 2.05) is 60.7 Å². The predicted molar refractivity (Wildman–Crippen MR) is 175 cm³/mol. The molecule has 1 aromatic heterocycles. The molecular weight excluding hydrogens is 611 g/mol. The molecule has 1 aliphatic rings.